The third-order valence-corrected chi connectivity index (χ3v) is 6.99. The Morgan fingerprint density at radius 3 is 2.88 bits per heavy atom. The van der Waals surface area contributed by atoms with Crippen LogP contribution in [0.5, 0.6) is 0 Å². The molecule has 5 rings (SSSR count). The number of carbonyl (C=O) groups excluding carboxylic acids is 1. The maximum atomic E-state index is 11.9. The fourth-order valence-electron chi connectivity index (χ4n) is 4.00. The van der Waals surface area contributed by atoms with Crippen molar-refractivity contribution in [1.82, 2.24) is 19.4 Å². The summed E-state index contributed by atoms with van der Waals surface area (Å²) in [5.74, 6) is 1.92. The zero-order chi connectivity index (χ0) is 17.7. The first-order valence-corrected chi connectivity index (χ1v) is 10.2. The van der Waals surface area contributed by atoms with Crippen molar-refractivity contribution in [2.75, 3.05) is 6.54 Å². The van der Waals surface area contributed by atoms with Crippen LogP contribution in [0.4, 0.5) is 0 Å². The summed E-state index contributed by atoms with van der Waals surface area (Å²) in [5.41, 5.74) is 3.61. The van der Waals surface area contributed by atoms with Crippen LogP contribution in [0.15, 0.2) is 24.5 Å². The van der Waals surface area contributed by atoms with Crippen LogP contribution in [0.25, 0.3) is 20.9 Å². The molecule has 6 heteroatoms. The molecule has 0 spiro atoms. The summed E-state index contributed by atoms with van der Waals surface area (Å²) in [7, 11) is 2.04. The van der Waals surface area contributed by atoms with Crippen LogP contribution in [0, 0.1) is 0 Å². The van der Waals surface area contributed by atoms with Gasteiger partial charge in [-0.3, -0.25) is 9.78 Å². The molecule has 0 N–H and O–H groups in total. The van der Waals surface area contributed by atoms with Gasteiger partial charge in [-0.05, 0) is 42.9 Å². The average molecular weight is 366 g/mol. The average Bonchev–Trinajstić information content (AvgIpc) is 3.27. The molecule has 0 radical (unpaired) electrons. The maximum Gasteiger partial charge on any atom is 0.222 e. The molecule has 1 aliphatic carbocycles. The summed E-state index contributed by atoms with van der Waals surface area (Å²) < 4.78 is 3.44. The number of pyridine rings is 1. The Morgan fingerprint density at radius 2 is 2.15 bits per heavy atom. The van der Waals surface area contributed by atoms with Gasteiger partial charge in [-0.15, -0.1) is 11.3 Å². The van der Waals surface area contributed by atoms with Gasteiger partial charge in [0.25, 0.3) is 0 Å². The number of thiophene rings is 1. The van der Waals surface area contributed by atoms with Gasteiger partial charge in [0.1, 0.15) is 5.82 Å². The number of likely N-dealkylation sites (tertiary alicyclic amines) is 1. The zero-order valence-electron chi connectivity index (χ0n) is 14.9. The molecule has 0 aromatic carbocycles. The van der Waals surface area contributed by atoms with Gasteiger partial charge in [0, 0.05) is 26.2 Å². The van der Waals surface area contributed by atoms with Gasteiger partial charge in [-0.25, -0.2) is 4.98 Å². The first-order chi connectivity index (χ1) is 12.7. The van der Waals surface area contributed by atoms with Gasteiger partial charge in [0.15, 0.2) is 0 Å². The molecule has 0 unspecified atom stereocenters. The third-order valence-electron chi connectivity index (χ3n) is 5.82. The zero-order valence-corrected chi connectivity index (χ0v) is 15.8. The van der Waals surface area contributed by atoms with Crippen LogP contribution < -0.4 is 0 Å². The van der Waals surface area contributed by atoms with Crippen molar-refractivity contribution in [2.24, 2.45) is 7.05 Å². The lowest BCUT2D eigenvalue weighted by molar-refractivity contribution is -0.128. The predicted molar refractivity (Wildman–Crippen MR) is 103 cm³/mol. The van der Waals surface area contributed by atoms with Crippen molar-refractivity contribution in [3.63, 3.8) is 0 Å². The van der Waals surface area contributed by atoms with Gasteiger partial charge in [-0.1, -0.05) is 6.42 Å². The fraction of sp³-hybridized carbons (Fsp3) is 0.450. The lowest BCUT2D eigenvalue weighted by Crippen LogP contribution is -2.25. The number of rotatable bonds is 4. The molecule has 1 saturated carbocycles. The molecule has 2 aliphatic rings. The Balaban J connectivity index is 1.49. The molecule has 1 aliphatic heterocycles. The summed E-state index contributed by atoms with van der Waals surface area (Å²) in [6, 6.07) is 4.35. The van der Waals surface area contributed by atoms with Crippen LogP contribution in [-0.2, 0) is 18.4 Å². The van der Waals surface area contributed by atoms with E-state index in [1.54, 1.807) is 11.3 Å². The fourth-order valence-corrected chi connectivity index (χ4v) is 5.24. The highest BCUT2D eigenvalue weighted by molar-refractivity contribution is 7.22. The van der Waals surface area contributed by atoms with E-state index in [0.29, 0.717) is 18.9 Å². The number of imidazole rings is 1. The Bertz CT molecular complexity index is 985. The largest absolute Gasteiger partial charge is 0.337 e. The molecular formula is C20H22N4OS. The number of aromatic nitrogens is 3. The lowest BCUT2D eigenvalue weighted by Gasteiger charge is -2.25. The smallest absolute Gasteiger partial charge is 0.222 e. The molecule has 3 aromatic heterocycles. The van der Waals surface area contributed by atoms with Crippen molar-refractivity contribution >= 4 is 27.5 Å². The molecule has 134 valence electrons. The standard InChI is InChI=1S/C20H22N4OS/c1-23-14(12-24-9-3-6-18(24)25)11-22-20(23)17-10-16-19(26-17)15(7-8-21-16)13-4-2-5-13/h7-8,10-11,13H,2-6,9,12H2,1H3. The van der Waals surface area contributed by atoms with Crippen molar-refractivity contribution in [1.29, 1.82) is 0 Å². The molecule has 3 aromatic rings. The number of hydrogen-bond donors (Lipinski definition) is 0. The monoisotopic (exact) mass is 366 g/mol. The van der Waals surface area contributed by atoms with Crippen LogP contribution in [0.2, 0.25) is 0 Å². The number of fused-ring (bicyclic) bond motifs is 1. The third kappa shape index (κ3) is 2.55. The quantitative estimate of drug-likeness (QED) is 0.699. The number of nitrogens with zero attached hydrogens (tertiary/aromatic N) is 4. The van der Waals surface area contributed by atoms with Crippen LogP contribution >= 0.6 is 11.3 Å². The van der Waals surface area contributed by atoms with E-state index in [2.05, 4.69) is 26.7 Å². The second-order valence-corrected chi connectivity index (χ2v) is 8.46. The highest BCUT2D eigenvalue weighted by Gasteiger charge is 2.24. The molecule has 5 nitrogen and oxygen atoms in total. The Kier molecular flexibility index (Phi) is 3.81. The first-order valence-electron chi connectivity index (χ1n) is 9.38. The molecular weight excluding hydrogens is 344 g/mol. The lowest BCUT2D eigenvalue weighted by atomic mass is 9.80. The molecule has 1 saturated heterocycles. The number of hydrogen-bond acceptors (Lipinski definition) is 4. The number of carbonyl (C=O) groups is 1. The van der Waals surface area contributed by atoms with Crippen molar-refractivity contribution < 1.29 is 4.79 Å². The van der Waals surface area contributed by atoms with E-state index >= 15 is 0 Å². The minimum absolute atomic E-state index is 0.254. The van der Waals surface area contributed by atoms with E-state index in [9.17, 15) is 4.79 Å². The summed E-state index contributed by atoms with van der Waals surface area (Å²) in [4.78, 5) is 24.2. The maximum absolute atomic E-state index is 11.9. The molecule has 0 bridgehead atoms. The van der Waals surface area contributed by atoms with Gasteiger partial charge < -0.3 is 9.47 Å². The predicted octanol–water partition coefficient (Wildman–Crippen LogP) is 4.09. The summed E-state index contributed by atoms with van der Waals surface area (Å²) in [6.45, 7) is 1.51. The van der Waals surface area contributed by atoms with Crippen LogP contribution in [0.1, 0.15) is 49.3 Å². The molecule has 1 amide bonds. The van der Waals surface area contributed by atoms with E-state index < -0.39 is 0 Å². The molecule has 0 atom stereocenters. The minimum Gasteiger partial charge on any atom is -0.337 e. The highest BCUT2D eigenvalue weighted by atomic mass is 32.1. The van der Waals surface area contributed by atoms with E-state index in [1.165, 1.54) is 29.5 Å². The summed E-state index contributed by atoms with van der Waals surface area (Å²) in [6.07, 6.45) is 9.42. The first kappa shape index (κ1) is 16.0. The van der Waals surface area contributed by atoms with Crippen LogP contribution in [-0.4, -0.2) is 31.9 Å². The molecule has 4 heterocycles. The van der Waals surface area contributed by atoms with Crippen molar-refractivity contribution in [3.8, 4) is 10.7 Å². The van der Waals surface area contributed by atoms with Gasteiger partial charge >= 0.3 is 0 Å². The summed E-state index contributed by atoms with van der Waals surface area (Å²) in [5, 5.41) is 0. The van der Waals surface area contributed by atoms with Crippen molar-refractivity contribution in [2.45, 2.75) is 44.6 Å². The molecule has 2 fully saturated rings. The second-order valence-electron chi connectivity index (χ2n) is 7.40. The van der Waals surface area contributed by atoms with E-state index in [1.807, 2.05) is 24.3 Å². The van der Waals surface area contributed by atoms with Gasteiger partial charge in [0.05, 0.1) is 33.5 Å². The topological polar surface area (TPSA) is 51.0 Å². The van der Waals surface area contributed by atoms with Crippen molar-refractivity contribution in [3.05, 3.63) is 35.8 Å². The number of amides is 1. The Hall–Kier alpha value is -2.21. The molecule has 26 heavy (non-hydrogen) atoms. The Labute approximate surface area is 156 Å². The van der Waals surface area contributed by atoms with E-state index in [-0.39, 0.29) is 5.91 Å². The Morgan fingerprint density at radius 1 is 1.27 bits per heavy atom. The second kappa shape index (κ2) is 6.20. The normalized spacial score (nSPS) is 18.0. The minimum atomic E-state index is 0.254. The summed E-state index contributed by atoms with van der Waals surface area (Å²) >= 11 is 1.80. The van der Waals surface area contributed by atoms with E-state index in [0.717, 1.165) is 34.9 Å². The highest BCUT2D eigenvalue weighted by Crippen LogP contribution is 2.43. The SMILES string of the molecule is Cn1c(CN2CCCC2=O)cnc1-c1cc2nccc(C3CCC3)c2s1. The van der Waals surface area contributed by atoms with Crippen LogP contribution in [0.3, 0.4) is 0 Å². The van der Waals surface area contributed by atoms with Gasteiger partial charge in [0.2, 0.25) is 5.91 Å². The van der Waals surface area contributed by atoms with Gasteiger partial charge in [-0.2, -0.15) is 0 Å². The van der Waals surface area contributed by atoms with E-state index in [4.69, 9.17) is 0 Å².